The third-order valence-corrected chi connectivity index (χ3v) is 4.59. The minimum Gasteiger partial charge on any atom is -0.493 e. The van der Waals surface area contributed by atoms with Crippen molar-refractivity contribution in [1.29, 1.82) is 0 Å². The average Bonchev–Trinajstić information content (AvgIpc) is 2.64. The van der Waals surface area contributed by atoms with Gasteiger partial charge in [-0.3, -0.25) is 10.1 Å². The predicted octanol–water partition coefficient (Wildman–Crippen LogP) is 5.04. The van der Waals surface area contributed by atoms with Crippen LogP contribution in [0.25, 0.3) is 0 Å². The van der Waals surface area contributed by atoms with Crippen LogP contribution in [0.5, 0.6) is 11.5 Å². The summed E-state index contributed by atoms with van der Waals surface area (Å²) in [5.74, 6) is 1.37. The molecule has 2 aromatic rings. The molecular weight excluding hydrogens is 473 g/mol. The molecule has 0 atom stereocenters. The van der Waals surface area contributed by atoms with Gasteiger partial charge in [-0.2, -0.15) is 0 Å². The maximum Gasteiger partial charge on any atom is 0.271 e. The molecule has 0 saturated heterocycles. The Bertz CT molecular complexity index is 809. The molecule has 0 unspecified atom stereocenters. The Morgan fingerprint density at radius 2 is 2.00 bits per heavy atom. The lowest BCUT2D eigenvalue weighted by atomic mass is 10.2. The number of nitrogens with one attached hydrogen (secondary N) is 2. The van der Waals surface area contributed by atoms with Gasteiger partial charge in [-0.1, -0.05) is 11.6 Å². The van der Waals surface area contributed by atoms with Crippen molar-refractivity contribution in [3.63, 3.8) is 0 Å². The molecule has 2 rings (SSSR count). The van der Waals surface area contributed by atoms with Crippen molar-refractivity contribution in [2.24, 2.45) is 0 Å². The van der Waals surface area contributed by atoms with E-state index in [0.29, 0.717) is 48.5 Å². The first kappa shape index (κ1) is 24.3. The van der Waals surface area contributed by atoms with Crippen molar-refractivity contribution in [2.75, 3.05) is 32.1 Å². The SMILES string of the molecule is CCOc1c(Br)cc(CNCCNc2ccc([N+](=O)[O-])cc2Cl)cc1OC.Cl. The molecule has 0 radical (unpaired) electrons. The Kier molecular flexibility index (Phi) is 10.4. The molecule has 2 N–H and O–H groups in total. The number of nitrogens with zero attached hydrogens (tertiary/aromatic N) is 1. The fourth-order valence-electron chi connectivity index (χ4n) is 2.44. The van der Waals surface area contributed by atoms with Crippen molar-refractivity contribution in [3.8, 4) is 11.5 Å². The lowest BCUT2D eigenvalue weighted by Crippen LogP contribution is -2.22. The van der Waals surface area contributed by atoms with Crippen LogP contribution in [0.4, 0.5) is 11.4 Å². The van der Waals surface area contributed by atoms with E-state index in [4.69, 9.17) is 21.1 Å². The second kappa shape index (κ2) is 12.0. The molecule has 0 aliphatic rings. The largest absolute Gasteiger partial charge is 0.493 e. The van der Waals surface area contributed by atoms with E-state index in [1.807, 2.05) is 19.1 Å². The third-order valence-electron chi connectivity index (χ3n) is 3.69. The molecule has 28 heavy (non-hydrogen) atoms. The summed E-state index contributed by atoms with van der Waals surface area (Å²) in [5.41, 5.74) is 1.68. The van der Waals surface area contributed by atoms with Crippen LogP contribution in [0.1, 0.15) is 12.5 Å². The van der Waals surface area contributed by atoms with Crippen molar-refractivity contribution >= 4 is 51.3 Å². The second-order valence-electron chi connectivity index (χ2n) is 5.57. The molecule has 7 nitrogen and oxygen atoms in total. The summed E-state index contributed by atoms with van der Waals surface area (Å²) in [6.45, 7) is 4.43. The molecule has 154 valence electrons. The van der Waals surface area contributed by atoms with Gasteiger partial charge in [0.15, 0.2) is 11.5 Å². The van der Waals surface area contributed by atoms with E-state index in [-0.39, 0.29) is 18.1 Å². The quantitative estimate of drug-likeness (QED) is 0.273. The molecule has 0 fully saturated rings. The highest BCUT2D eigenvalue weighted by Gasteiger charge is 2.11. The maximum absolute atomic E-state index is 10.7. The second-order valence-corrected chi connectivity index (χ2v) is 6.83. The summed E-state index contributed by atoms with van der Waals surface area (Å²) in [7, 11) is 1.61. The summed E-state index contributed by atoms with van der Waals surface area (Å²) in [5, 5.41) is 17.5. The van der Waals surface area contributed by atoms with Gasteiger partial charge in [-0.15, -0.1) is 12.4 Å². The van der Waals surface area contributed by atoms with E-state index in [1.165, 1.54) is 12.1 Å². The summed E-state index contributed by atoms with van der Waals surface area (Å²) >= 11 is 9.56. The van der Waals surface area contributed by atoms with E-state index in [9.17, 15) is 10.1 Å². The minimum atomic E-state index is -0.472. The predicted molar refractivity (Wildman–Crippen MR) is 117 cm³/mol. The zero-order chi connectivity index (χ0) is 19.8. The number of non-ortho nitro benzene ring substituents is 1. The van der Waals surface area contributed by atoms with Crippen LogP contribution in [-0.2, 0) is 6.54 Å². The molecule has 0 amide bonds. The summed E-state index contributed by atoms with van der Waals surface area (Å²) in [6.07, 6.45) is 0. The third kappa shape index (κ3) is 6.70. The molecule has 0 aromatic heterocycles. The molecule has 0 aliphatic carbocycles. The molecule has 0 aliphatic heterocycles. The van der Waals surface area contributed by atoms with E-state index < -0.39 is 4.92 Å². The van der Waals surface area contributed by atoms with Gasteiger partial charge in [0.2, 0.25) is 0 Å². The Hall–Kier alpha value is -1.74. The van der Waals surface area contributed by atoms with Crippen LogP contribution in [0.15, 0.2) is 34.8 Å². The van der Waals surface area contributed by atoms with Crippen molar-refractivity contribution in [1.82, 2.24) is 5.32 Å². The minimum absolute atomic E-state index is 0. The van der Waals surface area contributed by atoms with Gasteiger partial charge in [0.25, 0.3) is 5.69 Å². The Morgan fingerprint density at radius 1 is 1.25 bits per heavy atom. The smallest absolute Gasteiger partial charge is 0.271 e. The van der Waals surface area contributed by atoms with E-state index in [1.54, 1.807) is 13.2 Å². The average molecular weight is 495 g/mol. The Balaban J connectivity index is 0.00000392. The zero-order valence-corrected chi connectivity index (χ0v) is 18.6. The van der Waals surface area contributed by atoms with Gasteiger partial charge in [0.1, 0.15) is 0 Å². The number of rotatable bonds is 10. The number of anilines is 1. The molecule has 2 aromatic carbocycles. The van der Waals surface area contributed by atoms with E-state index in [2.05, 4.69) is 26.6 Å². The lowest BCUT2D eigenvalue weighted by Gasteiger charge is -2.14. The van der Waals surface area contributed by atoms with Crippen LogP contribution in [0.3, 0.4) is 0 Å². The van der Waals surface area contributed by atoms with E-state index >= 15 is 0 Å². The molecule has 0 saturated carbocycles. The van der Waals surface area contributed by atoms with Crippen LogP contribution >= 0.6 is 39.9 Å². The fourth-order valence-corrected chi connectivity index (χ4v) is 3.28. The standard InChI is InChI=1S/C18H21BrClN3O4.ClH/c1-3-27-18-14(19)8-12(9-17(18)26-2)11-21-6-7-22-16-5-4-13(23(24)25)10-15(16)20;/h4-5,8-10,21-22H,3,6-7,11H2,1-2H3;1H. The molecule has 0 spiro atoms. The van der Waals surface area contributed by atoms with Gasteiger partial charge in [-0.25, -0.2) is 0 Å². The number of nitro groups is 1. The van der Waals surface area contributed by atoms with Gasteiger partial charge in [-0.05, 0) is 46.6 Å². The Labute approximate surface area is 183 Å². The first-order valence-electron chi connectivity index (χ1n) is 8.34. The highest BCUT2D eigenvalue weighted by Crippen LogP contribution is 2.36. The lowest BCUT2D eigenvalue weighted by molar-refractivity contribution is -0.384. The number of benzene rings is 2. The number of ether oxygens (including phenoxy) is 2. The van der Waals surface area contributed by atoms with Gasteiger partial charge < -0.3 is 20.1 Å². The Morgan fingerprint density at radius 3 is 2.61 bits per heavy atom. The number of methoxy groups -OCH3 is 1. The normalized spacial score (nSPS) is 10.1. The van der Waals surface area contributed by atoms with Crippen LogP contribution in [0.2, 0.25) is 5.02 Å². The number of hydrogen-bond donors (Lipinski definition) is 2. The molecule has 0 heterocycles. The van der Waals surface area contributed by atoms with Crippen LogP contribution < -0.4 is 20.1 Å². The van der Waals surface area contributed by atoms with E-state index in [0.717, 1.165) is 10.0 Å². The molecular formula is C18H22BrCl2N3O4. The zero-order valence-electron chi connectivity index (χ0n) is 15.5. The van der Waals surface area contributed by atoms with Gasteiger partial charge in [0.05, 0.1) is 33.8 Å². The fraction of sp³-hybridized carbons (Fsp3) is 0.333. The number of halogens is 3. The first-order chi connectivity index (χ1) is 13.0. The van der Waals surface area contributed by atoms with Crippen molar-refractivity contribution in [3.05, 3.63) is 55.5 Å². The highest BCUT2D eigenvalue weighted by atomic mass is 79.9. The molecule has 10 heteroatoms. The van der Waals surface area contributed by atoms with Crippen molar-refractivity contribution < 1.29 is 14.4 Å². The monoisotopic (exact) mass is 493 g/mol. The summed E-state index contributed by atoms with van der Waals surface area (Å²) < 4.78 is 11.8. The van der Waals surface area contributed by atoms with Gasteiger partial charge in [0, 0.05) is 31.8 Å². The number of nitro benzene ring substituents is 1. The van der Waals surface area contributed by atoms with Crippen molar-refractivity contribution in [2.45, 2.75) is 13.5 Å². The first-order valence-corrected chi connectivity index (χ1v) is 9.51. The molecule has 0 bridgehead atoms. The van der Waals surface area contributed by atoms with Gasteiger partial charge >= 0.3 is 0 Å². The maximum atomic E-state index is 10.7. The summed E-state index contributed by atoms with van der Waals surface area (Å²) in [6, 6.07) is 8.28. The van der Waals surface area contributed by atoms with Crippen LogP contribution in [-0.4, -0.2) is 31.7 Å². The topological polar surface area (TPSA) is 85.7 Å². The van der Waals surface area contributed by atoms with Crippen LogP contribution in [0, 0.1) is 10.1 Å². The number of hydrogen-bond acceptors (Lipinski definition) is 6. The summed E-state index contributed by atoms with van der Waals surface area (Å²) in [4.78, 5) is 10.3. The highest BCUT2D eigenvalue weighted by molar-refractivity contribution is 9.10.